The summed E-state index contributed by atoms with van der Waals surface area (Å²) in [5.41, 5.74) is 0.00247. The molecule has 0 spiro atoms. The Morgan fingerprint density at radius 1 is 1.62 bits per heavy atom. The maximum Gasteiger partial charge on any atom is 0.287 e. The highest BCUT2D eigenvalue weighted by molar-refractivity contribution is 5.40. The standard InChI is InChI=1S/C10H13N3O3/c14-13(15)8-3-4-10(11-6-8)12-7-9-2-1-5-16-9/h3-4,6,9H,1-2,5,7H2,(H,11,12)/t9-/m0/s1. The lowest BCUT2D eigenvalue weighted by atomic mass is 10.2. The van der Waals surface area contributed by atoms with E-state index in [2.05, 4.69) is 10.3 Å². The molecule has 86 valence electrons. The van der Waals surface area contributed by atoms with Gasteiger partial charge in [-0.15, -0.1) is 0 Å². The molecule has 2 heterocycles. The summed E-state index contributed by atoms with van der Waals surface area (Å²) in [6, 6.07) is 3.04. The van der Waals surface area contributed by atoms with Gasteiger partial charge < -0.3 is 10.1 Å². The molecule has 6 heteroatoms. The normalized spacial score (nSPS) is 19.6. The predicted molar refractivity (Wildman–Crippen MR) is 58.4 cm³/mol. The molecule has 0 radical (unpaired) electrons. The largest absolute Gasteiger partial charge is 0.376 e. The van der Waals surface area contributed by atoms with Gasteiger partial charge in [-0.3, -0.25) is 10.1 Å². The Kier molecular flexibility index (Phi) is 3.31. The van der Waals surface area contributed by atoms with Crippen LogP contribution >= 0.6 is 0 Å². The Labute approximate surface area is 92.8 Å². The smallest absolute Gasteiger partial charge is 0.287 e. The fourth-order valence-electron chi connectivity index (χ4n) is 1.62. The molecule has 0 unspecified atom stereocenters. The maximum atomic E-state index is 10.4. The summed E-state index contributed by atoms with van der Waals surface area (Å²) in [5.74, 6) is 0.640. The van der Waals surface area contributed by atoms with Crippen LogP contribution < -0.4 is 5.32 Å². The van der Waals surface area contributed by atoms with E-state index in [-0.39, 0.29) is 11.8 Å². The lowest BCUT2D eigenvalue weighted by molar-refractivity contribution is -0.385. The second kappa shape index (κ2) is 4.89. The number of nitro groups is 1. The summed E-state index contributed by atoms with van der Waals surface area (Å²) in [4.78, 5) is 13.9. The summed E-state index contributed by atoms with van der Waals surface area (Å²) in [6.07, 6.45) is 3.63. The third kappa shape index (κ3) is 2.66. The van der Waals surface area contributed by atoms with Crippen molar-refractivity contribution in [3.63, 3.8) is 0 Å². The monoisotopic (exact) mass is 223 g/mol. The summed E-state index contributed by atoms with van der Waals surface area (Å²) in [5, 5.41) is 13.5. The van der Waals surface area contributed by atoms with Gasteiger partial charge in [-0.25, -0.2) is 4.98 Å². The molecule has 1 saturated heterocycles. The Balaban J connectivity index is 1.87. The fourth-order valence-corrected chi connectivity index (χ4v) is 1.62. The molecule has 0 aromatic carbocycles. The van der Waals surface area contributed by atoms with E-state index in [1.165, 1.54) is 12.3 Å². The molecule has 1 aliphatic rings. The van der Waals surface area contributed by atoms with Crippen molar-refractivity contribution in [1.29, 1.82) is 0 Å². The molecule has 1 N–H and O–H groups in total. The van der Waals surface area contributed by atoms with E-state index in [0.717, 1.165) is 19.4 Å². The van der Waals surface area contributed by atoms with Crippen molar-refractivity contribution in [3.8, 4) is 0 Å². The summed E-state index contributed by atoms with van der Waals surface area (Å²) in [7, 11) is 0. The number of ether oxygens (including phenoxy) is 1. The minimum Gasteiger partial charge on any atom is -0.376 e. The number of rotatable bonds is 4. The zero-order valence-corrected chi connectivity index (χ0v) is 8.76. The van der Waals surface area contributed by atoms with Crippen molar-refractivity contribution in [2.45, 2.75) is 18.9 Å². The van der Waals surface area contributed by atoms with Gasteiger partial charge in [-0.1, -0.05) is 0 Å². The van der Waals surface area contributed by atoms with Gasteiger partial charge in [-0.05, 0) is 18.9 Å². The zero-order chi connectivity index (χ0) is 11.4. The van der Waals surface area contributed by atoms with Crippen LogP contribution in [-0.4, -0.2) is 29.2 Å². The SMILES string of the molecule is O=[N+]([O-])c1ccc(NC[C@@H]2CCCO2)nc1. The summed E-state index contributed by atoms with van der Waals surface area (Å²) in [6.45, 7) is 1.52. The minimum absolute atomic E-state index is 0.00247. The van der Waals surface area contributed by atoms with Gasteiger partial charge in [0, 0.05) is 19.2 Å². The number of anilines is 1. The second-order valence-corrected chi connectivity index (χ2v) is 3.67. The number of aromatic nitrogens is 1. The van der Waals surface area contributed by atoms with Gasteiger partial charge >= 0.3 is 0 Å². The maximum absolute atomic E-state index is 10.4. The molecule has 1 aromatic rings. The van der Waals surface area contributed by atoms with E-state index in [0.29, 0.717) is 12.4 Å². The topological polar surface area (TPSA) is 77.3 Å². The van der Waals surface area contributed by atoms with Crippen molar-refractivity contribution in [3.05, 3.63) is 28.4 Å². The van der Waals surface area contributed by atoms with E-state index >= 15 is 0 Å². The highest BCUT2D eigenvalue weighted by Crippen LogP contribution is 2.14. The van der Waals surface area contributed by atoms with E-state index in [1.54, 1.807) is 6.07 Å². The van der Waals surface area contributed by atoms with Gasteiger partial charge in [0.15, 0.2) is 0 Å². The van der Waals surface area contributed by atoms with Crippen molar-refractivity contribution < 1.29 is 9.66 Å². The highest BCUT2D eigenvalue weighted by atomic mass is 16.6. The number of hydrogen-bond acceptors (Lipinski definition) is 5. The Bertz CT molecular complexity index is 360. The van der Waals surface area contributed by atoms with Crippen LogP contribution in [-0.2, 0) is 4.74 Å². The van der Waals surface area contributed by atoms with Crippen LogP contribution in [0.1, 0.15) is 12.8 Å². The van der Waals surface area contributed by atoms with Crippen molar-refractivity contribution >= 4 is 11.5 Å². The number of nitrogens with zero attached hydrogens (tertiary/aromatic N) is 2. The summed E-state index contributed by atoms with van der Waals surface area (Å²) < 4.78 is 5.44. The van der Waals surface area contributed by atoms with Gasteiger partial charge in [-0.2, -0.15) is 0 Å². The lowest BCUT2D eigenvalue weighted by Crippen LogP contribution is -2.18. The average molecular weight is 223 g/mol. The third-order valence-electron chi connectivity index (χ3n) is 2.49. The molecule has 2 rings (SSSR count). The first-order chi connectivity index (χ1) is 7.75. The van der Waals surface area contributed by atoms with E-state index in [9.17, 15) is 10.1 Å². The lowest BCUT2D eigenvalue weighted by Gasteiger charge is -2.10. The van der Waals surface area contributed by atoms with Gasteiger partial charge in [0.2, 0.25) is 0 Å². The van der Waals surface area contributed by atoms with Crippen LogP contribution in [0.25, 0.3) is 0 Å². The van der Waals surface area contributed by atoms with Crippen LogP contribution in [0, 0.1) is 10.1 Å². The predicted octanol–water partition coefficient (Wildman–Crippen LogP) is 1.58. The highest BCUT2D eigenvalue weighted by Gasteiger charge is 2.15. The second-order valence-electron chi connectivity index (χ2n) is 3.67. The Morgan fingerprint density at radius 3 is 3.06 bits per heavy atom. The molecule has 0 saturated carbocycles. The van der Waals surface area contributed by atoms with Crippen LogP contribution in [0.2, 0.25) is 0 Å². The number of hydrogen-bond donors (Lipinski definition) is 1. The molecule has 0 aliphatic carbocycles. The van der Waals surface area contributed by atoms with E-state index < -0.39 is 4.92 Å². The molecule has 1 aliphatic heterocycles. The van der Waals surface area contributed by atoms with Crippen molar-refractivity contribution in [1.82, 2.24) is 4.98 Å². The Hall–Kier alpha value is -1.69. The molecule has 0 amide bonds. The Morgan fingerprint density at radius 2 is 2.50 bits per heavy atom. The quantitative estimate of drug-likeness (QED) is 0.619. The molecule has 0 bridgehead atoms. The van der Waals surface area contributed by atoms with Crippen molar-refractivity contribution in [2.75, 3.05) is 18.5 Å². The van der Waals surface area contributed by atoms with E-state index in [1.807, 2.05) is 0 Å². The van der Waals surface area contributed by atoms with Crippen LogP contribution in [0.15, 0.2) is 18.3 Å². The molecule has 1 atom stereocenters. The fraction of sp³-hybridized carbons (Fsp3) is 0.500. The third-order valence-corrected chi connectivity index (χ3v) is 2.49. The van der Waals surface area contributed by atoms with Crippen molar-refractivity contribution in [2.24, 2.45) is 0 Å². The first kappa shape index (κ1) is 10.8. The van der Waals surface area contributed by atoms with Crippen LogP contribution in [0.5, 0.6) is 0 Å². The molecular formula is C10H13N3O3. The van der Waals surface area contributed by atoms with Gasteiger partial charge in [0.05, 0.1) is 11.0 Å². The van der Waals surface area contributed by atoms with Crippen LogP contribution in [0.3, 0.4) is 0 Å². The van der Waals surface area contributed by atoms with Gasteiger partial charge in [0.25, 0.3) is 5.69 Å². The zero-order valence-electron chi connectivity index (χ0n) is 8.76. The molecule has 1 aromatic heterocycles. The molecule has 16 heavy (non-hydrogen) atoms. The number of nitrogens with one attached hydrogen (secondary N) is 1. The van der Waals surface area contributed by atoms with Crippen LogP contribution in [0.4, 0.5) is 11.5 Å². The molecule has 1 fully saturated rings. The number of pyridine rings is 1. The molecule has 6 nitrogen and oxygen atoms in total. The minimum atomic E-state index is -0.461. The first-order valence-electron chi connectivity index (χ1n) is 5.21. The summed E-state index contributed by atoms with van der Waals surface area (Å²) >= 11 is 0. The molecular weight excluding hydrogens is 210 g/mol. The van der Waals surface area contributed by atoms with Gasteiger partial charge in [0.1, 0.15) is 12.0 Å². The average Bonchev–Trinajstić information content (AvgIpc) is 2.80. The van der Waals surface area contributed by atoms with E-state index in [4.69, 9.17) is 4.74 Å². The first-order valence-corrected chi connectivity index (χ1v) is 5.21.